The number of rotatable bonds is 2. The second kappa shape index (κ2) is 6.56. The van der Waals surface area contributed by atoms with Crippen molar-refractivity contribution in [2.24, 2.45) is 10.2 Å². The molecule has 0 aliphatic rings. The average molecular weight is 336 g/mol. The number of H-pyrrole nitrogens is 1. The number of hydrogen-bond donors (Lipinski definition) is 3. The third-order valence-corrected chi connectivity index (χ3v) is 3.74. The molecule has 7 heteroatoms. The van der Waals surface area contributed by atoms with Crippen molar-refractivity contribution in [1.82, 2.24) is 4.98 Å². The van der Waals surface area contributed by atoms with Crippen molar-refractivity contribution < 1.29 is 14.7 Å². The number of aromatic amines is 1. The first-order chi connectivity index (χ1) is 12.0. The molecule has 126 valence electrons. The summed E-state index contributed by atoms with van der Waals surface area (Å²) in [4.78, 5) is 26.5. The highest BCUT2D eigenvalue weighted by Gasteiger charge is 2.16. The Balaban J connectivity index is 1.78. The third kappa shape index (κ3) is 3.40. The highest BCUT2D eigenvalue weighted by molar-refractivity contribution is 6.40. The van der Waals surface area contributed by atoms with Gasteiger partial charge in [0.05, 0.1) is 5.52 Å². The Kier molecular flexibility index (Phi) is 4.30. The summed E-state index contributed by atoms with van der Waals surface area (Å²) in [6.07, 6.45) is 0. The van der Waals surface area contributed by atoms with E-state index in [1.54, 1.807) is 24.3 Å². The van der Waals surface area contributed by atoms with Crippen molar-refractivity contribution in [1.29, 1.82) is 0 Å². The van der Waals surface area contributed by atoms with Crippen LogP contribution in [0.15, 0.2) is 52.7 Å². The molecule has 3 rings (SSSR count). The lowest BCUT2D eigenvalue weighted by Crippen LogP contribution is -2.20. The summed E-state index contributed by atoms with van der Waals surface area (Å²) in [6.45, 7) is 3.79. The van der Waals surface area contributed by atoms with Gasteiger partial charge in [0.1, 0.15) is 0 Å². The first kappa shape index (κ1) is 16.4. The monoisotopic (exact) mass is 336 g/mol. The molecule has 0 unspecified atom stereocenters. The molecular formula is C18H16N4O3. The Morgan fingerprint density at radius 2 is 1.80 bits per heavy atom. The van der Waals surface area contributed by atoms with Gasteiger partial charge in [0, 0.05) is 11.1 Å². The van der Waals surface area contributed by atoms with Crippen molar-refractivity contribution in [2.75, 3.05) is 5.32 Å². The Morgan fingerprint density at radius 3 is 2.52 bits per heavy atom. The largest absolute Gasteiger partial charge is 0.493 e. The zero-order valence-corrected chi connectivity index (χ0v) is 13.7. The van der Waals surface area contributed by atoms with E-state index < -0.39 is 11.8 Å². The smallest absolute Gasteiger partial charge is 0.353 e. The van der Waals surface area contributed by atoms with E-state index in [4.69, 9.17) is 0 Å². The zero-order valence-electron chi connectivity index (χ0n) is 13.7. The molecule has 0 saturated carbocycles. The lowest BCUT2D eigenvalue weighted by atomic mass is 10.1. The molecule has 1 heterocycles. The number of benzene rings is 2. The number of fused-ring (bicyclic) bond motifs is 1. The maximum Gasteiger partial charge on any atom is 0.353 e. The minimum atomic E-state index is -1.05. The Morgan fingerprint density at radius 1 is 1.08 bits per heavy atom. The highest BCUT2D eigenvalue weighted by Crippen LogP contribution is 2.36. The van der Waals surface area contributed by atoms with Crippen molar-refractivity contribution in [2.45, 2.75) is 13.8 Å². The fourth-order valence-electron chi connectivity index (χ4n) is 2.40. The molecule has 0 atom stereocenters. The van der Waals surface area contributed by atoms with Gasteiger partial charge in [0.25, 0.3) is 0 Å². The van der Waals surface area contributed by atoms with Gasteiger partial charge in [0.15, 0.2) is 5.69 Å². The number of azo groups is 1. The van der Waals surface area contributed by atoms with Gasteiger partial charge in [-0.25, -0.2) is 0 Å². The number of hydrogen-bond acceptors (Lipinski definition) is 4. The predicted octanol–water partition coefficient (Wildman–Crippen LogP) is 3.74. The topological polar surface area (TPSA) is 107 Å². The highest BCUT2D eigenvalue weighted by atomic mass is 16.3. The number of anilines is 1. The Labute approximate surface area is 143 Å². The van der Waals surface area contributed by atoms with Crippen LogP contribution in [0.5, 0.6) is 5.88 Å². The standard InChI is InChI=1S/C18H16N4O3/c1-10-6-8-12(9-7-10)19-17(24)18(25)22-21-15-13-5-3-4-11(2)14(13)20-16(15)23/h3-9,20,23H,1-2H3,(H,19,24). The zero-order chi connectivity index (χ0) is 18.0. The predicted molar refractivity (Wildman–Crippen MR) is 94.0 cm³/mol. The molecule has 0 spiro atoms. The minimum Gasteiger partial charge on any atom is -0.493 e. The van der Waals surface area contributed by atoms with E-state index in [2.05, 4.69) is 20.5 Å². The number of amides is 2. The number of nitrogens with one attached hydrogen (secondary N) is 2. The van der Waals surface area contributed by atoms with Crippen LogP contribution in [0.4, 0.5) is 11.4 Å². The fraction of sp³-hybridized carbons (Fsp3) is 0.111. The molecule has 2 aromatic carbocycles. The first-order valence-corrected chi connectivity index (χ1v) is 7.59. The van der Waals surface area contributed by atoms with Crippen LogP contribution in [0.25, 0.3) is 10.9 Å². The molecule has 0 fully saturated rings. The molecule has 2 amide bonds. The molecule has 0 saturated heterocycles. The van der Waals surface area contributed by atoms with Crippen LogP contribution in [0, 0.1) is 13.8 Å². The van der Waals surface area contributed by atoms with E-state index in [-0.39, 0.29) is 11.6 Å². The minimum absolute atomic E-state index is 0.121. The van der Waals surface area contributed by atoms with Gasteiger partial charge in [-0.05, 0) is 31.5 Å². The molecule has 25 heavy (non-hydrogen) atoms. The Bertz CT molecular complexity index is 987. The molecule has 3 N–H and O–H groups in total. The molecule has 1 aromatic heterocycles. The van der Waals surface area contributed by atoms with E-state index >= 15 is 0 Å². The van der Waals surface area contributed by atoms with E-state index in [1.807, 2.05) is 32.0 Å². The second-order valence-corrected chi connectivity index (χ2v) is 5.64. The van der Waals surface area contributed by atoms with Crippen LogP contribution >= 0.6 is 0 Å². The van der Waals surface area contributed by atoms with Gasteiger partial charge in [-0.15, -0.1) is 10.2 Å². The number of carbonyl (C=O) groups excluding carboxylic acids is 2. The molecule has 0 radical (unpaired) electrons. The summed E-state index contributed by atoms with van der Waals surface area (Å²) in [6, 6.07) is 12.4. The fourth-order valence-corrected chi connectivity index (χ4v) is 2.40. The van der Waals surface area contributed by atoms with E-state index in [9.17, 15) is 14.7 Å². The SMILES string of the molecule is Cc1ccc(NC(=O)C(=O)N=Nc2c(O)[nH]c3c(C)cccc23)cc1. The lowest BCUT2D eigenvalue weighted by Gasteiger charge is -2.02. The number of aryl methyl sites for hydroxylation is 2. The van der Waals surface area contributed by atoms with Crippen LogP contribution in [-0.2, 0) is 9.59 Å². The summed E-state index contributed by atoms with van der Waals surface area (Å²) in [5.41, 5.74) is 3.26. The van der Waals surface area contributed by atoms with E-state index in [1.165, 1.54) is 0 Å². The molecule has 0 aliphatic carbocycles. The molecular weight excluding hydrogens is 320 g/mol. The summed E-state index contributed by atoms with van der Waals surface area (Å²) >= 11 is 0. The summed E-state index contributed by atoms with van der Waals surface area (Å²) in [7, 11) is 0. The number of carbonyl (C=O) groups is 2. The normalized spacial score (nSPS) is 11.1. The van der Waals surface area contributed by atoms with Crippen LogP contribution < -0.4 is 5.32 Å². The van der Waals surface area contributed by atoms with Crippen molar-refractivity contribution in [3.8, 4) is 5.88 Å². The van der Waals surface area contributed by atoms with Gasteiger partial charge in [-0.3, -0.25) is 9.59 Å². The van der Waals surface area contributed by atoms with Crippen LogP contribution in [-0.4, -0.2) is 21.9 Å². The summed E-state index contributed by atoms with van der Waals surface area (Å²) < 4.78 is 0. The van der Waals surface area contributed by atoms with Crippen molar-refractivity contribution in [3.05, 3.63) is 53.6 Å². The van der Waals surface area contributed by atoms with Gasteiger partial charge in [0.2, 0.25) is 5.88 Å². The quantitative estimate of drug-likeness (QED) is 0.490. The van der Waals surface area contributed by atoms with Crippen molar-refractivity contribution in [3.63, 3.8) is 0 Å². The average Bonchev–Trinajstić information content (AvgIpc) is 2.91. The lowest BCUT2D eigenvalue weighted by molar-refractivity contribution is -0.134. The second-order valence-electron chi connectivity index (χ2n) is 5.64. The summed E-state index contributed by atoms with van der Waals surface area (Å²) in [5, 5.41) is 20.2. The van der Waals surface area contributed by atoms with E-state index in [0.29, 0.717) is 16.6 Å². The number of para-hydroxylation sites is 1. The van der Waals surface area contributed by atoms with Gasteiger partial charge < -0.3 is 15.4 Å². The maximum absolute atomic E-state index is 11.9. The molecule has 0 aliphatic heterocycles. The summed E-state index contributed by atoms with van der Waals surface area (Å²) in [5.74, 6) is -2.16. The molecule has 7 nitrogen and oxygen atoms in total. The van der Waals surface area contributed by atoms with Gasteiger partial charge >= 0.3 is 11.8 Å². The Hall–Kier alpha value is -3.48. The number of aromatic hydroxyl groups is 1. The number of nitrogens with zero attached hydrogens (tertiary/aromatic N) is 2. The van der Waals surface area contributed by atoms with Gasteiger partial charge in [-0.1, -0.05) is 35.9 Å². The number of aromatic nitrogens is 1. The molecule has 3 aromatic rings. The molecule has 0 bridgehead atoms. The van der Waals surface area contributed by atoms with Crippen LogP contribution in [0.2, 0.25) is 0 Å². The van der Waals surface area contributed by atoms with Crippen molar-refractivity contribution >= 4 is 34.1 Å². The van der Waals surface area contributed by atoms with E-state index in [0.717, 1.165) is 11.1 Å². The van der Waals surface area contributed by atoms with Gasteiger partial charge in [-0.2, -0.15) is 0 Å². The first-order valence-electron chi connectivity index (χ1n) is 7.59. The van der Waals surface area contributed by atoms with Crippen LogP contribution in [0.1, 0.15) is 11.1 Å². The van der Waals surface area contributed by atoms with Crippen LogP contribution in [0.3, 0.4) is 0 Å². The maximum atomic E-state index is 11.9. The third-order valence-electron chi connectivity index (χ3n) is 3.74.